The number of benzene rings is 2. The third-order valence-corrected chi connectivity index (χ3v) is 6.89. The quantitative estimate of drug-likeness (QED) is 0.568. The first-order valence-electron chi connectivity index (χ1n) is 11.4. The number of ether oxygens (including phenoxy) is 2. The lowest BCUT2D eigenvalue weighted by Crippen LogP contribution is -2.49. The summed E-state index contributed by atoms with van der Waals surface area (Å²) in [5.74, 6) is 0.340. The number of carbonyl (C=O) groups is 1. The third kappa shape index (κ3) is 5.51. The van der Waals surface area contributed by atoms with Crippen molar-refractivity contribution in [3.8, 4) is 5.75 Å². The molecule has 0 spiro atoms. The largest absolute Gasteiger partial charge is 0.493 e. The van der Waals surface area contributed by atoms with E-state index in [0.29, 0.717) is 5.56 Å². The molecule has 1 aliphatic rings. The van der Waals surface area contributed by atoms with E-state index in [4.69, 9.17) is 9.47 Å². The number of amides is 1. The summed E-state index contributed by atoms with van der Waals surface area (Å²) in [7, 11) is 1.62. The Morgan fingerprint density at radius 1 is 1.06 bits per heavy atom. The average Bonchev–Trinajstić information content (AvgIpc) is 3.23. The van der Waals surface area contributed by atoms with Gasteiger partial charge in [0.1, 0.15) is 5.75 Å². The lowest BCUT2D eigenvalue weighted by atomic mass is 9.89. The molecule has 2 aromatic rings. The second kappa shape index (κ2) is 9.63. The fourth-order valence-corrected chi connectivity index (χ4v) is 4.33. The number of rotatable bonds is 9. The minimum atomic E-state index is -1.66. The second-order valence-electron chi connectivity index (χ2n) is 10.0. The molecule has 1 fully saturated rings. The Balaban J connectivity index is 1.76. The molecule has 174 valence electrons. The van der Waals surface area contributed by atoms with Gasteiger partial charge in [0, 0.05) is 12.5 Å². The van der Waals surface area contributed by atoms with Gasteiger partial charge in [0.2, 0.25) is 0 Å². The Morgan fingerprint density at radius 3 is 2.22 bits per heavy atom. The number of hydrogen-bond acceptors (Lipinski definition) is 4. The molecule has 5 heteroatoms. The zero-order valence-corrected chi connectivity index (χ0v) is 20.0. The molecule has 0 heterocycles. The molecule has 1 saturated carbocycles. The van der Waals surface area contributed by atoms with Crippen LogP contribution in [0.3, 0.4) is 0 Å². The van der Waals surface area contributed by atoms with Crippen molar-refractivity contribution in [3.63, 3.8) is 0 Å². The summed E-state index contributed by atoms with van der Waals surface area (Å²) in [5, 5.41) is 14.0. The van der Waals surface area contributed by atoms with Crippen molar-refractivity contribution in [1.82, 2.24) is 5.32 Å². The maximum absolute atomic E-state index is 13.1. The SMILES string of the molecule is COC(C)(C)[C@H](NC(=O)[C@](C)(O)c1ccccc1)c1ccc(OCC2(C)CCCC2)cc1. The summed E-state index contributed by atoms with van der Waals surface area (Å²) in [4.78, 5) is 13.1. The van der Waals surface area contributed by atoms with E-state index in [1.165, 1.54) is 32.6 Å². The molecular weight excluding hydrogens is 402 g/mol. The van der Waals surface area contributed by atoms with Crippen molar-refractivity contribution >= 4 is 5.91 Å². The van der Waals surface area contributed by atoms with Crippen LogP contribution in [0.2, 0.25) is 0 Å². The molecule has 3 rings (SSSR count). The summed E-state index contributed by atoms with van der Waals surface area (Å²) >= 11 is 0. The lowest BCUT2D eigenvalue weighted by Gasteiger charge is -2.36. The molecule has 2 N–H and O–H groups in total. The fourth-order valence-electron chi connectivity index (χ4n) is 4.33. The fraction of sp³-hybridized carbons (Fsp3) is 0.519. The van der Waals surface area contributed by atoms with E-state index in [-0.39, 0.29) is 5.41 Å². The zero-order valence-electron chi connectivity index (χ0n) is 20.0. The van der Waals surface area contributed by atoms with Crippen LogP contribution in [0.25, 0.3) is 0 Å². The minimum absolute atomic E-state index is 0.260. The first kappa shape index (κ1) is 24.3. The predicted octanol–water partition coefficient (Wildman–Crippen LogP) is 5.14. The van der Waals surface area contributed by atoms with Gasteiger partial charge in [0.05, 0.1) is 18.2 Å². The van der Waals surface area contributed by atoms with Crippen LogP contribution in [0.15, 0.2) is 54.6 Å². The highest BCUT2D eigenvalue weighted by molar-refractivity contribution is 5.86. The number of hydrogen-bond donors (Lipinski definition) is 2. The smallest absolute Gasteiger partial charge is 0.256 e. The molecule has 0 radical (unpaired) electrons. The maximum atomic E-state index is 13.1. The van der Waals surface area contributed by atoms with Crippen molar-refractivity contribution in [1.29, 1.82) is 0 Å². The van der Waals surface area contributed by atoms with Gasteiger partial charge in [0.25, 0.3) is 5.91 Å². The third-order valence-electron chi connectivity index (χ3n) is 6.89. The number of nitrogens with one attached hydrogen (secondary N) is 1. The van der Waals surface area contributed by atoms with Crippen LogP contribution in [0.1, 0.15) is 70.5 Å². The summed E-state index contributed by atoms with van der Waals surface area (Å²) in [6.07, 6.45) is 4.98. The normalized spacial score (nSPS) is 18.6. The first-order valence-corrected chi connectivity index (χ1v) is 11.4. The van der Waals surface area contributed by atoms with Gasteiger partial charge in [-0.05, 0) is 56.9 Å². The number of methoxy groups -OCH3 is 1. The highest BCUT2D eigenvalue weighted by Gasteiger charge is 2.38. The van der Waals surface area contributed by atoms with E-state index >= 15 is 0 Å². The van der Waals surface area contributed by atoms with Crippen molar-refractivity contribution < 1.29 is 19.4 Å². The zero-order chi connectivity index (χ0) is 23.4. The van der Waals surface area contributed by atoms with Gasteiger partial charge < -0.3 is 19.9 Å². The van der Waals surface area contributed by atoms with E-state index < -0.39 is 23.2 Å². The molecule has 2 atom stereocenters. The Kier molecular flexibility index (Phi) is 7.31. The molecular formula is C27H37NO4. The predicted molar refractivity (Wildman–Crippen MR) is 126 cm³/mol. The van der Waals surface area contributed by atoms with Crippen LogP contribution in [-0.4, -0.2) is 30.3 Å². The van der Waals surface area contributed by atoms with Crippen molar-refractivity contribution in [3.05, 3.63) is 65.7 Å². The Bertz CT molecular complexity index is 884. The molecule has 0 aromatic heterocycles. The molecule has 32 heavy (non-hydrogen) atoms. The van der Waals surface area contributed by atoms with Gasteiger partial charge >= 0.3 is 0 Å². The van der Waals surface area contributed by atoms with Crippen LogP contribution in [0.4, 0.5) is 0 Å². The summed E-state index contributed by atoms with van der Waals surface area (Å²) < 4.78 is 11.8. The van der Waals surface area contributed by atoms with Gasteiger partial charge in [0.15, 0.2) is 5.60 Å². The maximum Gasteiger partial charge on any atom is 0.256 e. The molecule has 0 unspecified atom stereocenters. The highest BCUT2D eigenvalue weighted by Crippen LogP contribution is 2.38. The molecule has 1 aliphatic carbocycles. The van der Waals surface area contributed by atoms with E-state index in [1.807, 2.05) is 44.2 Å². The topological polar surface area (TPSA) is 67.8 Å². The van der Waals surface area contributed by atoms with Crippen molar-refractivity contribution in [2.75, 3.05) is 13.7 Å². The minimum Gasteiger partial charge on any atom is -0.493 e. The molecule has 0 bridgehead atoms. The Labute approximate surface area is 192 Å². The highest BCUT2D eigenvalue weighted by atomic mass is 16.5. The first-order chi connectivity index (χ1) is 15.1. The van der Waals surface area contributed by atoms with Gasteiger partial charge in [-0.1, -0.05) is 62.2 Å². The Morgan fingerprint density at radius 2 is 1.66 bits per heavy atom. The van der Waals surface area contributed by atoms with Gasteiger partial charge in [-0.3, -0.25) is 4.79 Å². The van der Waals surface area contributed by atoms with E-state index in [2.05, 4.69) is 12.2 Å². The van der Waals surface area contributed by atoms with Crippen LogP contribution in [-0.2, 0) is 15.1 Å². The number of aliphatic hydroxyl groups is 1. The molecule has 0 aliphatic heterocycles. The standard InChI is InChI=1S/C27H37NO4/c1-25(2,31-5)23(28-24(29)27(4,30)21-11-7-6-8-12-21)20-13-15-22(16-14-20)32-19-26(3)17-9-10-18-26/h6-8,11-16,23,30H,9-10,17-19H2,1-5H3,(H,28,29)/t23-,27-/m1/s1. The molecule has 0 saturated heterocycles. The molecule has 2 aromatic carbocycles. The molecule has 5 nitrogen and oxygen atoms in total. The van der Waals surface area contributed by atoms with Gasteiger partial charge in [-0.2, -0.15) is 0 Å². The van der Waals surface area contributed by atoms with E-state index in [9.17, 15) is 9.90 Å². The van der Waals surface area contributed by atoms with Crippen LogP contribution in [0.5, 0.6) is 5.75 Å². The lowest BCUT2D eigenvalue weighted by molar-refractivity contribution is -0.142. The van der Waals surface area contributed by atoms with E-state index in [0.717, 1.165) is 17.9 Å². The summed E-state index contributed by atoms with van der Waals surface area (Å²) in [6, 6.07) is 16.3. The van der Waals surface area contributed by atoms with Crippen LogP contribution < -0.4 is 10.1 Å². The van der Waals surface area contributed by atoms with Crippen LogP contribution in [0, 0.1) is 5.41 Å². The van der Waals surface area contributed by atoms with Gasteiger partial charge in [-0.25, -0.2) is 0 Å². The monoisotopic (exact) mass is 439 g/mol. The Hall–Kier alpha value is -2.37. The average molecular weight is 440 g/mol. The second-order valence-corrected chi connectivity index (χ2v) is 10.0. The summed E-state index contributed by atoms with van der Waals surface area (Å²) in [5.41, 5.74) is -0.675. The molecule has 1 amide bonds. The van der Waals surface area contributed by atoms with Crippen molar-refractivity contribution in [2.45, 2.75) is 70.6 Å². The van der Waals surface area contributed by atoms with Gasteiger partial charge in [-0.15, -0.1) is 0 Å². The van der Waals surface area contributed by atoms with Crippen molar-refractivity contribution in [2.24, 2.45) is 5.41 Å². The number of carbonyl (C=O) groups excluding carboxylic acids is 1. The van der Waals surface area contributed by atoms with E-state index in [1.54, 1.807) is 31.4 Å². The van der Waals surface area contributed by atoms with Crippen LogP contribution >= 0.6 is 0 Å². The summed E-state index contributed by atoms with van der Waals surface area (Å²) in [6.45, 7) is 8.35.